The molecular weight excluding hydrogens is 316 g/mol. The largest absolute Gasteiger partial charge is 0.496 e. The molecule has 2 aliphatic heterocycles. The maximum absolute atomic E-state index is 12.1. The minimum Gasteiger partial charge on any atom is -0.496 e. The van der Waals surface area contributed by atoms with Gasteiger partial charge in [-0.15, -0.1) is 0 Å². The third-order valence-corrected chi connectivity index (χ3v) is 5.39. The van der Waals surface area contributed by atoms with Crippen molar-refractivity contribution in [1.29, 1.82) is 0 Å². The summed E-state index contributed by atoms with van der Waals surface area (Å²) in [7, 11) is 1.66. The van der Waals surface area contributed by atoms with E-state index in [4.69, 9.17) is 4.74 Å². The monoisotopic (exact) mass is 338 g/mol. The number of ether oxygens (including phenoxy) is 1. The molecule has 2 aliphatic rings. The number of nitrogens with zero attached hydrogens (tertiary/aromatic N) is 2. The molecule has 0 N–H and O–H groups in total. The van der Waals surface area contributed by atoms with E-state index >= 15 is 0 Å². The number of piperidine rings is 1. The van der Waals surface area contributed by atoms with Crippen molar-refractivity contribution in [1.82, 2.24) is 9.47 Å². The Morgan fingerprint density at radius 1 is 1.20 bits per heavy atom. The van der Waals surface area contributed by atoms with Crippen LogP contribution in [0.3, 0.4) is 0 Å². The van der Waals surface area contributed by atoms with Gasteiger partial charge in [0, 0.05) is 55.0 Å². The lowest BCUT2D eigenvalue weighted by Gasteiger charge is -2.42. The van der Waals surface area contributed by atoms with E-state index in [0.29, 0.717) is 17.4 Å². The summed E-state index contributed by atoms with van der Waals surface area (Å²) in [6.45, 7) is 3.45. The summed E-state index contributed by atoms with van der Waals surface area (Å²) in [5.74, 6) is 1.70. The first kappa shape index (κ1) is 16.1. The molecule has 5 nitrogen and oxygen atoms in total. The molecule has 0 saturated carbocycles. The van der Waals surface area contributed by atoms with Gasteiger partial charge in [-0.25, -0.2) is 0 Å². The number of carbonyl (C=O) groups excluding carboxylic acids is 1. The van der Waals surface area contributed by atoms with Gasteiger partial charge in [0.15, 0.2) is 0 Å². The van der Waals surface area contributed by atoms with Crippen LogP contribution in [0.25, 0.3) is 0 Å². The molecule has 2 aromatic rings. The Morgan fingerprint density at radius 2 is 2.08 bits per heavy atom. The summed E-state index contributed by atoms with van der Waals surface area (Å²) in [5, 5.41) is 0. The van der Waals surface area contributed by atoms with E-state index < -0.39 is 0 Å². The Hall–Kier alpha value is -2.40. The number of likely N-dealkylation sites (tertiary alicyclic amines) is 1. The van der Waals surface area contributed by atoms with E-state index in [-0.39, 0.29) is 5.56 Å². The number of carbonyl (C=O) groups is 1. The van der Waals surface area contributed by atoms with Crippen LogP contribution in [-0.4, -0.2) is 36.0 Å². The van der Waals surface area contributed by atoms with Crippen molar-refractivity contribution in [2.75, 3.05) is 20.2 Å². The van der Waals surface area contributed by atoms with E-state index in [1.165, 1.54) is 0 Å². The smallest absolute Gasteiger partial charge is 0.250 e. The minimum atomic E-state index is 0.112. The summed E-state index contributed by atoms with van der Waals surface area (Å²) in [5.41, 5.74) is 2.98. The Morgan fingerprint density at radius 3 is 2.88 bits per heavy atom. The fraction of sp³-hybridized carbons (Fsp3) is 0.400. The van der Waals surface area contributed by atoms with Gasteiger partial charge in [0.25, 0.3) is 5.56 Å². The number of aldehydes is 1. The van der Waals surface area contributed by atoms with Crippen LogP contribution in [0.4, 0.5) is 0 Å². The van der Waals surface area contributed by atoms with E-state index in [0.717, 1.165) is 55.9 Å². The van der Waals surface area contributed by atoms with Crippen molar-refractivity contribution in [2.24, 2.45) is 5.92 Å². The molecule has 2 atom stereocenters. The van der Waals surface area contributed by atoms with Gasteiger partial charge in [-0.3, -0.25) is 14.5 Å². The van der Waals surface area contributed by atoms with E-state index in [1.54, 1.807) is 19.2 Å². The first-order valence-electron chi connectivity index (χ1n) is 8.72. The molecule has 25 heavy (non-hydrogen) atoms. The molecule has 1 saturated heterocycles. The molecule has 130 valence electrons. The third-order valence-electron chi connectivity index (χ3n) is 5.39. The lowest BCUT2D eigenvalue weighted by Crippen LogP contribution is -2.46. The van der Waals surface area contributed by atoms with Crippen LogP contribution in [0, 0.1) is 5.92 Å². The van der Waals surface area contributed by atoms with Crippen LogP contribution in [0.5, 0.6) is 5.75 Å². The second-order valence-electron chi connectivity index (χ2n) is 7.08. The summed E-state index contributed by atoms with van der Waals surface area (Å²) in [4.78, 5) is 25.6. The predicted octanol–water partition coefficient (Wildman–Crippen LogP) is 2.29. The molecule has 5 heteroatoms. The zero-order chi connectivity index (χ0) is 17.4. The van der Waals surface area contributed by atoms with Crippen molar-refractivity contribution in [3.63, 3.8) is 0 Å². The van der Waals surface area contributed by atoms with Crippen LogP contribution in [0.2, 0.25) is 0 Å². The number of fused-ring (bicyclic) bond motifs is 4. The number of aromatic nitrogens is 1. The van der Waals surface area contributed by atoms with Gasteiger partial charge in [0.2, 0.25) is 0 Å². The molecule has 2 bridgehead atoms. The molecule has 1 fully saturated rings. The van der Waals surface area contributed by atoms with Gasteiger partial charge < -0.3 is 9.30 Å². The minimum absolute atomic E-state index is 0.112. The normalized spacial score (nSPS) is 22.3. The quantitative estimate of drug-likeness (QED) is 0.803. The molecule has 0 radical (unpaired) electrons. The summed E-state index contributed by atoms with van der Waals surface area (Å²) >= 11 is 0. The number of methoxy groups -OCH3 is 1. The number of rotatable bonds is 4. The van der Waals surface area contributed by atoms with Crippen molar-refractivity contribution < 1.29 is 9.53 Å². The van der Waals surface area contributed by atoms with Crippen molar-refractivity contribution in [3.05, 3.63) is 63.6 Å². The third kappa shape index (κ3) is 3.00. The van der Waals surface area contributed by atoms with Gasteiger partial charge >= 0.3 is 0 Å². The Labute approximate surface area is 146 Å². The van der Waals surface area contributed by atoms with Crippen LogP contribution < -0.4 is 10.3 Å². The fourth-order valence-electron chi connectivity index (χ4n) is 4.36. The summed E-state index contributed by atoms with van der Waals surface area (Å²) < 4.78 is 7.41. The molecule has 4 rings (SSSR count). The molecule has 0 amide bonds. The maximum atomic E-state index is 12.1. The average Bonchev–Trinajstić information content (AvgIpc) is 2.62. The van der Waals surface area contributed by atoms with Gasteiger partial charge in [-0.2, -0.15) is 0 Å². The number of benzene rings is 1. The van der Waals surface area contributed by atoms with Gasteiger partial charge in [-0.1, -0.05) is 6.07 Å². The Kier molecular flexibility index (Phi) is 4.17. The van der Waals surface area contributed by atoms with Gasteiger partial charge in [-0.05, 0) is 36.6 Å². The predicted molar refractivity (Wildman–Crippen MR) is 95.2 cm³/mol. The fourth-order valence-corrected chi connectivity index (χ4v) is 4.36. The highest BCUT2D eigenvalue weighted by Crippen LogP contribution is 2.36. The van der Waals surface area contributed by atoms with Crippen LogP contribution in [0.1, 0.15) is 34.0 Å². The van der Waals surface area contributed by atoms with E-state index in [9.17, 15) is 9.59 Å². The highest BCUT2D eigenvalue weighted by molar-refractivity contribution is 5.75. The highest BCUT2D eigenvalue weighted by Gasteiger charge is 2.34. The molecule has 1 aromatic carbocycles. The first-order valence-corrected chi connectivity index (χ1v) is 8.72. The standard InChI is InChI=1S/C20H22N2O3/c1-25-19-6-5-14(13-23)7-17(19)12-21-9-15-8-16(11-21)18-3-2-4-20(24)22(18)10-15/h2-7,13,15-16H,8-12H2,1H3. The van der Waals surface area contributed by atoms with Crippen LogP contribution in [0.15, 0.2) is 41.2 Å². The number of hydrogen-bond acceptors (Lipinski definition) is 4. The molecule has 1 aromatic heterocycles. The van der Waals surface area contributed by atoms with Crippen LogP contribution >= 0.6 is 0 Å². The van der Waals surface area contributed by atoms with Gasteiger partial charge in [0.05, 0.1) is 7.11 Å². The lowest BCUT2D eigenvalue weighted by atomic mass is 9.83. The molecule has 2 unspecified atom stereocenters. The molecule has 3 heterocycles. The van der Waals surface area contributed by atoms with Crippen LogP contribution in [-0.2, 0) is 13.1 Å². The SMILES string of the molecule is COc1ccc(C=O)cc1CN1CC2CC(C1)c1cccc(=O)n1C2. The Balaban J connectivity index is 1.59. The topological polar surface area (TPSA) is 51.5 Å². The maximum Gasteiger partial charge on any atom is 0.250 e. The lowest BCUT2D eigenvalue weighted by molar-refractivity contribution is 0.111. The molecular formula is C20H22N2O3. The first-order chi connectivity index (χ1) is 12.2. The molecule has 0 aliphatic carbocycles. The van der Waals surface area contributed by atoms with Crippen molar-refractivity contribution >= 4 is 6.29 Å². The summed E-state index contributed by atoms with van der Waals surface area (Å²) in [6, 6.07) is 11.2. The second kappa shape index (κ2) is 6.48. The Bertz CT molecular complexity index is 858. The average molecular weight is 338 g/mol. The van der Waals surface area contributed by atoms with Gasteiger partial charge in [0.1, 0.15) is 12.0 Å². The summed E-state index contributed by atoms with van der Waals surface area (Å²) in [6.07, 6.45) is 2.02. The van der Waals surface area contributed by atoms with Crippen molar-refractivity contribution in [2.45, 2.75) is 25.4 Å². The highest BCUT2D eigenvalue weighted by atomic mass is 16.5. The van der Waals surface area contributed by atoms with E-state index in [1.807, 2.05) is 22.8 Å². The van der Waals surface area contributed by atoms with Crippen molar-refractivity contribution in [3.8, 4) is 5.75 Å². The zero-order valence-electron chi connectivity index (χ0n) is 14.4. The second-order valence-corrected chi connectivity index (χ2v) is 7.08. The number of pyridine rings is 1. The number of hydrogen-bond donors (Lipinski definition) is 0. The molecule has 0 spiro atoms. The zero-order valence-corrected chi connectivity index (χ0v) is 14.4. The van der Waals surface area contributed by atoms with E-state index in [2.05, 4.69) is 11.0 Å².